The van der Waals surface area contributed by atoms with E-state index in [0.29, 0.717) is 26.2 Å². The maximum absolute atomic E-state index is 12.8. The molecule has 0 atom stereocenters. The molecule has 0 radical (unpaired) electrons. The number of para-hydroxylation sites is 1. The molecule has 0 N–H and O–H groups in total. The van der Waals surface area contributed by atoms with Crippen LogP contribution >= 0.6 is 23.2 Å². The Morgan fingerprint density at radius 2 is 1.64 bits per heavy atom. The zero-order valence-corrected chi connectivity index (χ0v) is 17.7. The van der Waals surface area contributed by atoms with Gasteiger partial charge in [-0.05, 0) is 24.3 Å². The van der Waals surface area contributed by atoms with Crippen LogP contribution in [0.2, 0.25) is 10.0 Å². The third kappa shape index (κ3) is 4.71. The van der Waals surface area contributed by atoms with Crippen molar-refractivity contribution in [1.29, 1.82) is 0 Å². The summed E-state index contributed by atoms with van der Waals surface area (Å²) >= 11 is 12.2. The fourth-order valence-corrected chi connectivity index (χ4v) is 4.44. The van der Waals surface area contributed by atoms with E-state index in [9.17, 15) is 13.2 Å². The molecule has 150 valence electrons. The van der Waals surface area contributed by atoms with E-state index in [0.717, 1.165) is 16.2 Å². The van der Waals surface area contributed by atoms with E-state index in [4.69, 9.17) is 23.2 Å². The normalized spacial score (nSPS) is 14.8. The number of halogens is 2. The van der Waals surface area contributed by atoms with Crippen molar-refractivity contribution in [3.05, 3.63) is 58.6 Å². The van der Waals surface area contributed by atoms with Crippen molar-refractivity contribution in [2.45, 2.75) is 0 Å². The maximum atomic E-state index is 12.8. The van der Waals surface area contributed by atoms with Gasteiger partial charge in [0.1, 0.15) is 6.54 Å². The minimum absolute atomic E-state index is 0.108. The van der Waals surface area contributed by atoms with Gasteiger partial charge >= 0.3 is 0 Å². The Kier molecular flexibility index (Phi) is 6.37. The van der Waals surface area contributed by atoms with Crippen LogP contribution in [0, 0.1) is 0 Å². The minimum Gasteiger partial charge on any atom is -0.368 e. The number of rotatable bonds is 5. The van der Waals surface area contributed by atoms with Crippen molar-refractivity contribution in [1.82, 2.24) is 4.90 Å². The largest absolute Gasteiger partial charge is 0.368 e. The predicted molar refractivity (Wildman–Crippen MR) is 114 cm³/mol. The van der Waals surface area contributed by atoms with E-state index in [-0.39, 0.29) is 28.2 Å². The first-order chi connectivity index (χ1) is 13.3. The minimum atomic E-state index is -3.71. The molecule has 0 aromatic heterocycles. The lowest BCUT2D eigenvalue weighted by Crippen LogP contribution is -2.52. The third-order valence-electron chi connectivity index (χ3n) is 4.63. The Morgan fingerprint density at radius 1 is 1.00 bits per heavy atom. The van der Waals surface area contributed by atoms with E-state index < -0.39 is 10.0 Å². The molecule has 1 aliphatic heterocycles. The molecule has 0 bridgehead atoms. The molecular formula is C19H21Cl2N3O3S. The zero-order valence-electron chi connectivity index (χ0n) is 15.4. The van der Waals surface area contributed by atoms with Crippen molar-refractivity contribution in [3.8, 4) is 0 Å². The van der Waals surface area contributed by atoms with Crippen molar-refractivity contribution in [2.75, 3.05) is 48.2 Å². The highest BCUT2D eigenvalue weighted by Gasteiger charge is 2.28. The molecule has 6 nitrogen and oxygen atoms in total. The number of hydrogen-bond acceptors (Lipinski definition) is 4. The maximum Gasteiger partial charge on any atom is 0.243 e. The smallest absolute Gasteiger partial charge is 0.243 e. The summed E-state index contributed by atoms with van der Waals surface area (Å²) in [6, 6.07) is 14.7. The monoisotopic (exact) mass is 441 g/mol. The summed E-state index contributed by atoms with van der Waals surface area (Å²) in [7, 11) is -3.71. The second kappa shape index (κ2) is 8.59. The summed E-state index contributed by atoms with van der Waals surface area (Å²) < 4.78 is 25.6. The molecule has 1 saturated heterocycles. The average molecular weight is 442 g/mol. The van der Waals surface area contributed by atoms with E-state index >= 15 is 0 Å². The van der Waals surface area contributed by atoms with Crippen LogP contribution in [0.3, 0.4) is 0 Å². The van der Waals surface area contributed by atoms with Gasteiger partial charge < -0.3 is 9.80 Å². The molecule has 1 fully saturated rings. The summed E-state index contributed by atoms with van der Waals surface area (Å²) in [4.78, 5) is 16.7. The first-order valence-electron chi connectivity index (χ1n) is 8.77. The fraction of sp³-hybridized carbons (Fsp3) is 0.316. The van der Waals surface area contributed by atoms with E-state index in [1.807, 2.05) is 30.3 Å². The summed E-state index contributed by atoms with van der Waals surface area (Å²) in [6.45, 7) is 2.10. The third-order valence-corrected chi connectivity index (χ3v) is 6.57. The first kappa shape index (κ1) is 20.8. The number of benzene rings is 2. The van der Waals surface area contributed by atoms with Crippen molar-refractivity contribution < 1.29 is 13.2 Å². The number of hydrogen-bond donors (Lipinski definition) is 0. The lowest BCUT2D eigenvalue weighted by molar-refractivity contribution is -0.129. The van der Waals surface area contributed by atoms with Gasteiger partial charge in [-0.1, -0.05) is 47.5 Å². The number of piperazine rings is 1. The van der Waals surface area contributed by atoms with Gasteiger partial charge in [0, 0.05) is 31.9 Å². The van der Waals surface area contributed by atoms with E-state index in [2.05, 4.69) is 4.90 Å². The molecule has 2 aromatic rings. The lowest BCUT2D eigenvalue weighted by Gasteiger charge is -2.37. The predicted octanol–water partition coefficient (Wildman–Crippen LogP) is 3.11. The summed E-state index contributed by atoms with van der Waals surface area (Å²) in [5.41, 5.74) is 1.31. The second-order valence-electron chi connectivity index (χ2n) is 6.55. The second-order valence-corrected chi connectivity index (χ2v) is 9.24. The summed E-state index contributed by atoms with van der Waals surface area (Å²) in [6.07, 6.45) is 1.05. The molecular weight excluding hydrogens is 421 g/mol. The number of nitrogens with zero attached hydrogens (tertiary/aromatic N) is 3. The van der Waals surface area contributed by atoms with Gasteiger partial charge in [0.25, 0.3) is 0 Å². The Labute approximate surface area is 175 Å². The number of carbonyl (C=O) groups excluding carboxylic acids is 1. The van der Waals surface area contributed by atoms with Gasteiger partial charge in [-0.25, -0.2) is 8.42 Å². The zero-order chi connectivity index (χ0) is 20.3. The van der Waals surface area contributed by atoms with E-state index in [1.165, 1.54) is 6.07 Å². The average Bonchev–Trinajstić information content (AvgIpc) is 2.68. The van der Waals surface area contributed by atoms with Crippen LogP contribution in [-0.4, -0.2) is 58.2 Å². The van der Waals surface area contributed by atoms with Crippen LogP contribution in [0.25, 0.3) is 0 Å². The van der Waals surface area contributed by atoms with Gasteiger partial charge in [0.05, 0.1) is 22.0 Å². The quantitative estimate of drug-likeness (QED) is 0.714. The van der Waals surface area contributed by atoms with Crippen LogP contribution in [0.1, 0.15) is 0 Å². The molecule has 1 amide bonds. The molecule has 0 unspecified atom stereocenters. The van der Waals surface area contributed by atoms with Crippen molar-refractivity contribution in [3.63, 3.8) is 0 Å². The molecule has 0 spiro atoms. The number of amides is 1. The number of anilines is 2. The van der Waals surface area contributed by atoms with Gasteiger partial charge in [-0.15, -0.1) is 0 Å². The van der Waals surface area contributed by atoms with Crippen LogP contribution in [0.4, 0.5) is 11.4 Å². The number of carbonyl (C=O) groups is 1. The standard InChI is InChI=1S/C19H21Cl2N3O3S/c1-28(26,27)24(17-9-5-8-16(20)19(17)21)14-18(25)23-12-10-22(11-13-23)15-6-3-2-4-7-15/h2-9H,10-14H2,1H3. The van der Waals surface area contributed by atoms with Crippen molar-refractivity contribution >= 4 is 50.5 Å². The van der Waals surface area contributed by atoms with Gasteiger partial charge in [-0.3, -0.25) is 9.10 Å². The van der Waals surface area contributed by atoms with Crippen LogP contribution in [-0.2, 0) is 14.8 Å². The number of sulfonamides is 1. The highest BCUT2D eigenvalue weighted by Crippen LogP contribution is 2.33. The van der Waals surface area contributed by atoms with Crippen LogP contribution in [0.5, 0.6) is 0 Å². The van der Waals surface area contributed by atoms with Gasteiger partial charge in [0.2, 0.25) is 15.9 Å². The van der Waals surface area contributed by atoms with Gasteiger partial charge in [0.15, 0.2) is 0 Å². The van der Waals surface area contributed by atoms with Crippen LogP contribution < -0.4 is 9.21 Å². The first-order valence-corrected chi connectivity index (χ1v) is 11.4. The molecule has 9 heteroatoms. The Morgan fingerprint density at radius 3 is 2.25 bits per heavy atom. The molecule has 2 aromatic carbocycles. The molecule has 3 rings (SSSR count). The van der Waals surface area contributed by atoms with E-state index in [1.54, 1.807) is 17.0 Å². The molecule has 1 aliphatic rings. The highest BCUT2D eigenvalue weighted by molar-refractivity contribution is 7.92. The Balaban J connectivity index is 1.71. The van der Waals surface area contributed by atoms with Crippen LogP contribution in [0.15, 0.2) is 48.5 Å². The molecule has 28 heavy (non-hydrogen) atoms. The fourth-order valence-electron chi connectivity index (χ4n) is 3.14. The molecule has 0 saturated carbocycles. The highest BCUT2D eigenvalue weighted by atomic mass is 35.5. The molecule has 0 aliphatic carbocycles. The Hall–Kier alpha value is -1.96. The summed E-state index contributed by atoms with van der Waals surface area (Å²) in [5, 5.41) is 0.341. The Bertz CT molecular complexity index is 946. The SMILES string of the molecule is CS(=O)(=O)N(CC(=O)N1CCN(c2ccccc2)CC1)c1cccc(Cl)c1Cl. The molecule has 1 heterocycles. The van der Waals surface area contributed by atoms with Gasteiger partial charge in [-0.2, -0.15) is 0 Å². The summed E-state index contributed by atoms with van der Waals surface area (Å²) in [5.74, 6) is -0.269. The van der Waals surface area contributed by atoms with Crippen molar-refractivity contribution in [2.24, 2.45) is 0 Å². The topological polar surface area (TPSA) is 60.9 Å². The lowest BCUT2D eigenvalue weighted by atomic mass is 10.2.